The number of fused-ring (bicyclic) bond motifs is 2. The number of aliphatic imine (C=N–C) groups is 1. The minimum atomic E-state index is 0.510. The number of rotatable bonds is 3. The molecule has 2 nitrogen and oxygen atoms in total. The Hall–Kier alpha value is -3.13. The molecule has 4 rings (SSSR count). The van der Waals surface area contributed by atoms with Crippen molar-refractivity contribution >= 4 is 28.4 Å². The van der Waals surface area contributed by atoms with E-state index in [1.807, 2.05) is 24.3 Å². The summed E-state index contributed by atoms with van der Waals surface area (Å²) in [6.45, 7) is 4.11. The summed E-state index contributed by atoms with van der Waals surface area (Å²) in [5.74, 6) is 0.510. The van der Waals surface area contributed by atoms with E-state index in [2.05, 4.69) is 60.1 Å². The van der Waals surface area contributed by atoms with E-state index in [1.165, 1.54) is 21.9 Å². The first kappa shape index (κ1) is 15.4. The number of aryl methyl sites for hydroxylation is 1. The van der Waals surface area contributed by atoms with E-state index in [0.29, 0.717) is 11.5 Å². The van der Waals surface area contributed by atoms with Crippen molar-refractivity contribution in [2.75, 3.05) is 0 Å². The van der Waals surface area contributed by atoms with E-state index in [1.54, 1.807) is 0 Å². The molecule has 0 saturated heterocycles. The van der Waals surface area contributed by atoms with Crippen molar-refractivity contribution in [2.45, 2.75) is 12.8 Å². The summed E-state index contributed by atoms with van der Waals surface area (Å²) in [4.78, 5) is 4.56. The molecular weight excluding hydrogens is 304 g/mol. The average Bonchev–Trinajstić information content (AvgIpc) is 2.67. The smallest absolute Gasteiger partial charge is 0.131 e. The Morgan fingerprint density at radius 1 is 0.920 bits per heavy atom. The Kier molecular flexibility index (Phi) is 3.95. The van der Waals surface area contributed by atoms with Gasteiger partial charge in [0.2, 0.25) is 0 Å². The van der Waals surface area contributed by atoms with Crippen LogP contribution in [0.2, 0.25) is 0 Å². The van der Waals surface area contributed by atoms with Gasteiger partial charge in [0.1, 0.15) is 5.84 Å². The molecular formula is C23H20N2. The van der Waals surface area contributed by atoms with Crippen molar-refractivity contribution in [3.8, 4) is 0 Å². The standard InChI is InChI=1S/C23H20N2/c1-16(19-12-10-17-6-2-4-8-20(17)14-19)25-23(24)22-13-11-18-7-3-5-9-21(18)15-22/h2-4,6-8,10-15H,1,5,9H2,(H2,24,25). The molecule has 0 aromatic heterocycles. The van der Waals surface area contributed by atoms with Crippen LogP contribution in [0.25, 0.3) is 22.5 Å². The molecule has 25 heavy (non-hydrogen) atoms. The van der Waals surface area contributed by atoms with Crippen LogP contribution in [-0.2, 0) is 6.42 Å². The van der Waals surface area contributed by atoms with E-state index >= 15 is 0 Å². The first-order chi connectivity index (χ1) is 12.2. The minimum absolute atomic E-state index is 0.510. The molecule has 0 amide bonds. The van der Waals surface area contributed by atoms with Gasteiger partial charge in [0.25, 0.3) is 0 Å². The van der Waals surface area contributed by atoms with Crippen molar-refractivity contribution in [1.29, 1.82) is 0 Å². The average molecular weight is 324 g/mol. The third-order valence-electron chi connectivity index (χ3n) is 4.65. The van der Waals surface area contributed by atoms with Gasteiger partial charge in [-0.05, 0) is 46.9 Å². The van der Waals surface area contributed by atoms with Gasteiger partial charge in [-0.3, -0.25) is 0 Å². The number of nitrogens with two attached hydrogens (primary N) is 1. The van der Waals surface area contributed by atoms with Crippen molar-refractivity contribution < 1.29 is 0 Å². The van der Waals surface area contributed by atoms with Crippen LogP contribution in [0.1, 0.15) is 28.7 Å². The monoisotopic (exact) mass is 324 g/mol. The predicted molar refractivity (Wildman–Crippen MR) is 108 cm³/mol. The maximum Gasteiger partial charge on any atom is 0.131 e. The molecule has 1 aliphatic carbocycles. The fraction of sp³-hybridized carbons (Fsp3) is 0.0870. The number of nitrogens with zero attached hydrogens (tertiary/aromatic N) is 1. The summed E-state index contributed by atoms with van der Waals surface area (Å²) in [5.41, 5.74) is 11.5. The molecule has 0 bridgehead atoms. The summed E-state index contributed by atoms with van der Waals surface area (Å²) >= 11 is 0. The normalized spacial score (nSPS) is 13.7. The van der Waals surface area contributed by atoms with Gasteiger partial charge in [-0.25, -0.2) is 4.99 Å². The SMILES string of the molecule is C=C(N=C(N)c1ccc2c(c1)CCC=C2)c1ccc2ccccc2c1. The lowest BCUT2D eigenvalue weighted by atomic mass is 9.95. The van der Waals surface area contributed by atoms with Crippen molar-refractivity contribution in [1.82, 2.24) is 0 Å². The first-order valence-corrected chi connectivity index (χ1v) is 8.53. The van der Waals surface area contributed by atoms with Gasteiger partial charge in [0, 0.05) is 11.1 Å². The van der Waals surface area contributed by atoms with E-state index in [4.69, 9.17) is 5.73 Å². The van der Waals surface area contributed by atoms with Gasteiger partial charge < -0.3 is 5.73 Å². The van der Waals surface area contributed by atoms with Crippen molar-refractivity contribution in [3.05, 3.63) is 95.6 Å². The summed E-state index contributed by atoms with van der Waals surface area (Å²) < 4.78 is 0. The Bertz CT molecular complexity index is 1030. The molecule has 3 aromatic carbocycles. The van der Waals surface area contributed by atoms with Crippen LogP contribution in [0.5, 0.6) is 0 Å². The summed E-state index contributed by atoms with van der Waals surface area (Å²) in [6, 6.07) is 20.8. The second kappa shape index (κ2) is 6.40. The topological polar surface area (TPSA) is 38.4 Å². The third-order valence-corrected chi connectivity index (χ3v) is 4.65. The molecule has 3 aromatic rings. The second-order valence-electron chi connectivity index (χ2n) is 6.36. The maximum atomic E-state index is 6.25. The molecule has 2 N–H and O–H groups in total. The lowest BCUT2D eigenvalue weighted by Gasteiger charge is -2.12. The molecule has 0 radical (unpaired) electrons. The second-order valence-corrected chi connectivity index (χ2v) is 6.36. The van der Waals surface area contributed by atoms with Crippen LogP contribution in [0.4, 0.5) is 0 Å². The fourth-order valence-electron chi connectivity index (χ4n) is 3.24. The highest BCUT2D eigenvalue weighted by atomic mass is 14.9. The quantitative estimate of drug-likeness (QED) is 0.523. The van der Waals surface area contributed by atoms with Gasteiger partial charge in [0.05, 0.1) is 5.70 Å². The predicted octanol–water partition coefficient (Wildman–Crippen LogP) is 5.18. The number of benzene rings is 3. The van der Waals surface area contributed by atoms with Crippen LogP contribution in [0, 0.1) is 0 Å². The molecule has 0 aliphatic heterocycles. The van der Waals surface area contributed by atoms with Crippen LogP contribution >= 0.6 is 0 Å². The van der Waals surface area contributed by atoms with Gasteiger partial charge in [-0.15, -0.1) is 0 Å². The number of hydrogen-bond donors (Lipinski definition) is 1. The highest BCUT2D eigenvalue weighted by molar-refractivity contribution is 6.01. The van der Waals surface area contributed by atoms with Crippen LogP contribution < -0.4 is 5.73 Å². The van der Waals surface area contributed by atoms with Crippen LogP contribution in [0.15, 0.2) is 78.3 Å². The third kappa shape index (κ3) is 3.11. The lowest BCUT2D eigenvalue weighted by molar-refractivity contribution is 0.985. The van der Waals surface area contributed by atoms with Crippen LogP contribution in [0.3, 0.4) is 0 Å². The highest BCUT2D eigenvalue weighted by Gasteiger charge is 2.08. The molecule has 122 valence electrons. The lowest BCUT2D eigenvalue weighted by Crippen LogP contribution is -2.14. The highest BCUT2D eigenvalue weighted by Crippen LogP contribution is 2.23. The summed E-state index contributed by atoms with van der Waals surface area (Å²) in [6.07, 6.45) is 6.51. The van der Waals surface area contributed by atoms with Gasteiger partial charge in [-0.1, -0.05) is 67.3 Å². The fourth-order valence-corrected chi connectivity index (χ4v) is 3.24. The summed E-state index contributed by atoms with van der Waals surface area (Å²) in [5, 5.41) is 2.38. The molecule has 0 atom stereocenters. The first-order valence-electron chi connectivity index (χ1n) is 8.53. The minimum Gasteiger partial charge on any atom is -0.383 e. The Morgan fingerprint density at radius 3 is 2.60 bits per heavy atom. The Balaban J connectivity index is 1.64. The number of allylic oxidation sites excluding steroid dienone is 1. The molecule has 0 fully saturated rings. The number of hydrogen-bond acceptors (Lipinski definition) is 1. The molecule has 0 heterocycles. The van der Waals surface area contributed by atoms with Gasteiger partial charge in [0.15, 0.2) is 0 Å². The molecule has 0 unspecified atom stereocenters. The van der Waals surface area contributed by atoms with E-state index < -0.39 is 0 Å². The molecule has 2 heteroatoms. The van der Waals surface area contributed by atoms with Gasteiger partial charge >= 0.3 is 0 Å². The van der Waals surface area contributed by atoms with E-state index in [9.17, 15) is 0 Å². The largest absolute Gasteiger partial charge is 0.383 e. The van der Waals surface area contributed by atoms with Crippen LogP contribution in [-0.4, -0.2) is 5.84 Å². The zero-order valence-electron chi connectivity index (χ0n) is 14.1. The Morgan fingerprint density at radius 2 is 1.72 bits per heavy atom. The number of amidine groups is 1. The zero-order chi connectivity index (χ0) is 17.2. The van der Waals surface area contributed by atoms with E-state index in [-0.39, 0.29) is 0 Å². The zero-order valence-corrected chi connectivity index (χ0v) is 14.1. The molecule has 0 saturated carbocycles. The van der Waals surface area contributed by atoms with Gasteiger partial charge in [-0.2, -0.15) is 0 Å². The molecule has 0 spiro atoms. The van der Waals surface area contributed by atoms with Crippen molar-refractivity contribution in [2.24, 2.45) is 10.7 Å². The summed E-state index contributed by atoms with van der Waals surface area (Å²) in [7, 11) is 0. The molecule has 1 aliphatic rings. The van der Waals surface area contributed by atoms with Crippen molar-refractivity contribution in [3.63, 3.8) is 0 Å². The Labute approximate surface area is 148 Å². The maximum absolute atomic E-state index is 6.25. The van der Waals surface area contributed by atoms with E-state index in [0.717, 1.165) is 24.0 Å².